The molecule has 2 amide bonds. The second-order valence-electron chi connectivity index (χ2n) is 4.68. The zero-order valence-corrected chi connectivity index (χ0v) is 16.3. The summed E-state index contributed by atoms with van der Waals surface area (Å²) in [6.45, 7) is 1.53. The predicted octanol–water partition coefficient (Wildman–Crippen LogP) is 1.00. The average Bonchev–Trinajstić information content (AvgIpc) is 2.53. The first-order chi connectivity index (χ1) is 12.1. The van der Waals surface area contributed by atoms with Gasteiger partial charge in [0.1, 0.15) is 10.7 Å². The molecule has 1 aromatic carbocycles. The van der Waals surface area contributed by atoms with Gasteiger partial charge in [0.25, 0.3) is 10.0 Å². The number of carboxylic acid groups (broad SMARTS) is 1. The number of methoxy groups -OCH3 is 1. The number of aromatic nitrogens is 3. The lowest BCUT2D eigenvalue weighted by Crippen LogP contribution is -2.35. The van der Waals surface area contributed by atoms with Gasteiger partial charge >= 0.3 is 18.0 Å². The van der Waals surface area contributed by atoms with Crippen LogP contribution in [0.3, 0.4) is 0 Å². The van der Waals surface area contributed by atoms with Crippen molar-refractivity contribution in [1.82, 2.24) is 19.7 Å². The van der Waals surface area contributed by atoms with Crippen molar-refractivity contribution in [2.45, 2.75) is 11.8 Å². The van der Waals surface area contributed by atoms with Crippen LogP contribution in [-0.2, 0) is 10.0 Å². The summed E-state index contributed by atoms with van der Waals surface area (Å²) in [7, 11) is -3.01. The van der Waals surface area contributed by atoms with Gasteiger partial charge in [-0.05, 0) is 41.6 Å². The number of hydrogen-bond donors (Lipinski definition) is 3. The standard InChI is InChI=1S/C13H12IN5O6S/c1-6-15-11(18-13(16-6)25-2)17-12(22)19-26(23,24)8-5-3-4-7(9(8)14)10(20)21/h3-5H,1-2H3,(H,20,21)(H2,15,16,17,18,19,22). The van der Waals surface area contributed by atoms with Crippen molar-refractivity contribution in [1.29, 1.82) is 0 Å². The first-order valence-corrected chi connectivity index (χ1v) is 9.32. The molecular formula is C13H12IN5O6S. The third-order valence-corrected chi connectivity index (χ3v) is 5.75. The Labute approximate surface area is 161 Å². The molecule has 0 saturated carbocycles. The van der Waals surface area contributed by atoms with E-state index in [0.29, 0.717) is 0 Å². The molecule has 11 nitrogen and oxygen atoms in total. The summed E-state index contributed by atoms with van der Waals surface area (Å²) < 4.78 is 31.3. The number of aryl methyl sites for hydroxylation is 1. The predicted molar refractivity (Wildman–Crippen MR) is 96.6 cm³/mol. The van der Waals surface area contributed by atoms with Gasteiger partial charge in [-0.2, -0.15) is 15.0 Å². The third-order valence-electron chi connectivity index (χ3n) is 2.84. The molecule has 0 spiro atoms. The molecule has 0 fully saturated rings. The molecule has 1 aromatic heterocycles. The van der Waals surface area contributed by atoms with E-state index < -0.39 is 22.0 Å². The van der Waals surface area contributed by atoms with Crippen LogP contribution in [-0.4, -0.2) is 47.6 Å². The van der Waals surface area contributed by atoms with Crippen LogP contribution in [0.15, 0.2) is 23.1 Å². The Hall–Kier alpha value is -2.55. The van der Waals surface area contributed by atoms with E-state index >= 15 is 0 Å². The van der Waals surface area contributed by atoms with Crippen LogP contribution in [0, 0.1) is 10.5 Å². The topological polar surface area (TPSA) is 160 Å². The maximum Gasteiger partial charge on any atom is 0.336 e. The molecule has 0 bridgehead atoms. The maximum absolute atomic E-state index is 12.4. The number of ether oxygens (including phenoxy) is 1. The normalized spacial score (nSPS) is 10.9. The van der Waals surface area contributed by atoms with E-state index in [9.17, 15) is 18.0 Å². The van der Waals surface area contributed by atoms with Gasteiger partial charge in [-0.1, -0.05) is 6.07 Å². The number of carbonyl (C=O) groups is 2. The first kappa shape index (κ1) is 19.8. The zero-order valence-electron chi connectivity index (χ0n) is 13.3. The molecule has 13 heteroatoms. The number of halogens is 1. The van der Waals surface area contributed by atoms with Gasteiger partial charge in [-0.15, -0.1) is 0 Å². The van der Waals surface area contributed by atoms with Crippen LogP contribution < -0.4 is 14.8 Å². The highest BCUT2D eigenvalue weighted by Gasteiger charge is 2.24. The highest BCUT2D eigenvalue weighted by atomic mass is 127. The molecular weight excluding hydrogens is 481 g/mol. The Morgan fingerprint density at radius 3 is 2.54 bits per heavy atom. The van der Waals surface area contributed by atoms with Crippen LogP contribution in [0.25, 0.3) is 0 Å². The maximum atomic E-state index is 12.4. The van der Waals surface area contributed by atoms with Crippen LogP contribution in [0.4, 0.5) is 10.7 Å². The number of benzene rings is 1. The first-order valence-electron chi connectivity index (χ1n) is 6.76. The summed E-state index contributed by atoms with van der Waals surface area (Å²) in [6.07, 6.45) is 0. The minimum atomic E-state index is -4.33. The second-order valence-corrected chi connectivity index (χ2v) is 7.40. The molecule has 0 aliphatic rings. The minimum absolute atomic E-state index is 0.0319. The SMILES string of the molecule is COc1nc(C)nc(NC(=O)NS(=O)(=O)c2cccc(C(=O)O)c2I)n1. The molecule has 0 aliphatic carbocycles. The average molecular weight is 493 g/mol. The molecule has 0 unspecified atom stereocenters. The molecule has 138 valence electrons. The lowest BCUT2D eigenvalue weighted by atomic mass is 10.2. The Morgan fingerprint density at radius 2 is 1.92 bits per heavy atom. The Bertz CT molecular complexity index is 981. The van der Waals surface area contributed by atoms with Gasteiger partial charge in [0.2, 0.25) is 5.95 Å². The molecule has 2 aromatic rings. The van der Waals surface area contributed by atoms with Crippen molar-refractivity contribution in [2.75, 3.05) is 12.4 Å². The molecule has 1 heterocycles. The van der Waals surface area contributed by atoms with E-state index in [0.717, 1.165) is 0 Å². The summed E-state index contributed by atoms with van der Waals surface area (Å²) in [5.41, 5.74) is -0.202. The van der Waals surface area contributed by atoms with E-state index in [2.05, 4.69) is 20.3 Å². The van der Waals surface area contributed by atoms with E-state index in [1.165, 1.54) is 32.2 Å². The molecule has 0 aliphatic heterocycles. The third kappa shape index (κ3) is 4.54. The Morgan fingerprint density at radius 1 is 1.23 bits per heavy atom. The number of urea groups is 1. The summed E-state index contributed by atoms with van der Waals surface area (Å²) in [5.74, 6) is -1.25. The Kier molecular flexibility index (Phi) is 5.91. The lowest BCUT2D eigenvalue weighted by Gasteiger charge is -2.11. The number of rotatable bonds is 5. The summed E-state index contributed by atoms with van der Waals surface area (Å²) in [4.78, 5) is 34.2. The van der Waals surface area contributed by atoms with Crippen molar-refractivity contribution < 1.29 is 27.9 Å². The largest absolute Gasteiger partial charge is 0.478 e. The quantitative estimate of drug-likeness (QED) is 0.517. The smallest absolute Gasteiger partial charge is 0.336 e. The fourth-order valence-electron chi connectivity index (χ4n) is 1.79. The number of sulfonamides is 1. The zero-order chi connectivity index (χ0) is 19.5. The lowest BCUT2D eigenvalue weighted by molar-refractivity contribution is 0.0695. The monoisotopic (exact) mass is 493 g/mol. The van der Waals surface area contributed by atoms with Crippen molar-refractivity contribution in [2.24, 2.45) is 0 Å². The number of nitrogens with one attached hydrogen (secondary N) is 2. The number of amides is 2. The molecule has 0 saturated heterocycles. The fourth-order valence-corrected chi connectivity index (χ4v) is 4.26. The molecule has 0 atom stereocenters. The number of aromatic carboxylic acids is 1. The van der Waals surface area contributed by atoms with Gasteiger partial charge in [-0.3, -0.25) is 5.32 Å². The highest BCUT2D eigenvalue weighted by Crippen LogP contribution is 2.22. The van der Waals surface area contributed by atoms with Gasteiger partial charge in [0.15, 0.2) is 0 Å². The van der Waals surface area contributed by atoms with Gasteiger partial charge in [0, 0.05) is 3.57 Å². The molecule has 26 heavy (non-hydrogen) atoms. The van der Waals surface area contributed by atoms with Crippen molar-refractivity contribution >= 4 is 50.6 Å². The number of carboxylic acids is 1. The van der Waals surface area contributed by atoms with Crippen molar-refractivity contribution in [3.05, 3.63) is 33.2 Å². The summed E-state index contributed by atoms with van der Waals surface area (Å²) in [5, 5.41) is 11.2. The fraction of sp³-hybridized carbons (Fsp3) is 0.154. The van der Waals surface area contributed by atoms with E-state index in [4.69, 9.17) is 9.84 Å². The van der Waals surface area contributed by atoms with Crippen molar-refractivity contribution in [3.63, 3.8) is 0 Å². The molecule has 0 radical (unpaired) electrons. The number of nitrogens with zero attached hydrogens (tertiary/aromatic N) is 3. The second kappa shape index (κ2) is 7.77. The number of anilines is 1. The Balaban J connectivity index is 2.25. The van der Waals surface area contributed by atoms with Crippen LogP contribution >= 0.6 is 22.6 Å². The van der Waals surface area contributed by atoms with E-state index in [-0.39, 0.29) is 31.8 Å². The molecule has 2 rings (SSSR count). The summed E-state index contributed by atoms with van der Waals surface area (Å²) >= 11 is 1.58. The van der Waals surface area contributed by atoms with Crippen molar-refractivity contribution in [3.8, 4) is 6.01 Å². The van der Waals surface area contributed by atoms with Crippen LogP contribution in [0.1, 0.15) is 16.2 Å². The number of hydrogen-bond acceptors (Lipinski definition) is 8. The van der Waals surface area contributed by atoms with Crippen LogP contribution in [0.5, 0.6) is 6.01 Å². The van der Waals surface area contributed by atoms with Gasteiger partial charge in [0.05, 0.1) is 12.7 Å². The number of carbonyl (C=O) groups excluding carboxylic acids is 1. The van der Waals surface area contributed by atoms with E-state index in [1.807, 2.05) is 0 Å². The van der Waals surface area contributed by atoms with E-state index in [1.54, 1.807) is 27.3 Å². The van der Waals surface area contributed by atoms with Gasteiger partial charge < -0.3 is 9.84 Å². The minimum Gasteiger partial charge on any atom is -0.478 e. The molecule has 3 N–H and O–H groups in total. The highest BCUT2D eigenvalue weighted by molar-refractivity contribution is 14.1. The van der Waals surface area contributed by atoms with Gasteiger partial charge in [-0.25, -0.2) is 22.7 Å². The van der Waals surface area contributed by atoms with Crippen LogP contribution in [0.2, 0.25) is 0 Å². The summed E-state index contributed by atoms with van der Waals surface area (Å²) in [6, 6.07) is 2.51.